The highest BCUT2D eigenvalue weighted by Gasteiger charge is 2.20. The van der Waals surface area contributed by atoms with Crippen LogP contribution in [0.4, 0.5) is 0 Å². The lowest BCUT2D eigenvalue weighted by atomic mass is 10.0. The first-order valence-corrected chi connectivity index (χ1v) is 6.22. The molecule has 1 N–H and O–H groups in total. The Bertz CT molecular complexity index is 317. The molecule has 0 amide bonds. The molecule has 1 aromatic rings. The third kappa shape index (κ3) is 3.80. The number of benzene rings is 1. The predicted octanol–water partition coefficient (Wildman–Crippen LogP) is 2.51. The van der Waals surface area contributed by atoms with E-state index in [0.29, 0.717) is 12.5 Å². The summed E-state index contributed by atoms with van der Waals surface area (Å²) < 4.78 is 11.1. The van der Waals surface area contributed by atoms with Crippen LogP contribution in [0, 0.1) is 5.92 Å². The number of hydrogen-bond acceptors (Lipinski definition) is 3. The smallest absolute Gasteiger partial charge is 0.181 e. The maximum absolute atomic E-state index is 9.83. The molecule has 94 valence electrons. The number of aliphatic hydroxyl groups excluding tert-OH is 1. The quantitative estimate of drug-likeness (QED) is 0.816. The Morgan fingerprint density at radius 2 is 2.12 bits per heavy atom. The van der Waals surface area contributed by atoms with Gasteiger partial charge in [0.05, 0.1) is 12.7 Å². The third-order valence-electron chi connectivity index (χ3n) is 3.12. The molecule has 2 rings (SSSR count). The molecular weight excluding hydrogens is 216 g/mol. The number of rotatable bonds is 4. The second-order valence-corrected chi connectivity index (χ2v) is 4.73. The minimum absolute atomic E-state index is 0.129. The molecule has 3 heteroatoms. The van der Waals surface area contributed by atoms with E-state index < -0.39 is 6.29 Å². The van der Waals surface area contributed by atoms with Crippen molar-refractivity contribution in [3.8, 4) is 0 Å². The molecule has 0 aromatic heterocycles. The number of aliphatic hydroxyl groups is 1. The van der Waals surface area contributed by atoms with Gasteiger partial charge in [-0.3, -0.25) is 0 Å². The van der Waals surface area contributed by atoms with Gasteiger partial charge in [-0.05, 0) is 18.8 Å². The van der Waals surface area contributed by atoms with Gasteiger partial charge in [0.2, 0.25) is 0 Å². The van der Waals surface area contributed by atoms with E-state index in [0.717, 1.165) is 18.6 Å². The zero-order valence-electron chi connectivity index (χ0n) is 10.2. The van der Waals surface area contributed by atoms with E-state index in [-0.39, 0.29) is 6.10 Å². The Labute approximate surface area is 102 Å². The summed E-state index contributed by atoms with van der Waals surface area (Å²) in [6, 6.07) is 9.41. The third-order valence-corrected chi connectivity index (χ3v) is 3.12. The van der Waals surface area contributed by atoms with E-state index in [2.05, 4.69) is 6.92 Å². The molecule has 1 aliphatic heterocycles. The van der Waals surface area contributed by atoms with Crippen LogP contribution >= 0.6 is 0 Å². The van der Waals surface area contributed by atoms with Crippen molar-refractivity contribution in [2.24, 2.45) is 5.92 Å². The van der Waals surface area contributed by atoms with Gasteiger partial charge >= 0.3 is 0 Å². The summed E-state index contributed by atoms with van der Waals surface area (Å²) in [5, 5.41) is 9.83. The number of ether oxygens (including phenoxy) is 2. The van der Waals surface area contributed by atoms with Gasteiger partial charge in [0.25, 0.3) is 0 Å². The lowest BCUT2D eigenvalue weighted by molar-refractivity contribution is -0.145. The minimum Gasteiger partial charge on any atom is -0.376 e. The molecule has 17 heavy (non-hydrogen) atoms. The maximum Gasteiger partial charge on any atom is 0.181 e. The van der Waals surface area contributed by atoms with Crippen LogP contribution in [0.25, 0.3) is 0 Å². The molecule has 0 bridgehead atoms. The van der Waals surface area contributed by atoms with Crippen LogP contribution in [0.5, 0.6) is 0 Å². The first-order valence-electron chi connectivity index (χ1n) is 6.22. The topological polar surface area (TPSA) is 38.7 Å². The Hall–Kier alpha value is -0.900. The van der Waals surface area contributed by atoms with E-state index in [4.69, 9.17) is 9.47 Å². The van der Waals surface area contributed by atoms with Crippen molar-refractivity contribution in [1.82, 2.24) is 0 Å². The second-order valence-electron chi connectivity index (χ2n) is 4.73. The summed E-state index contributed by atoms with van der Waals surface area (Å²) >= 11 is 0. The van der Waals surface area contributed by atoms with Gasteiger partial charge in [0.15, 0.2) is 6.29 Å². The molecule has 0 radical (unpaired) electrons. The summed E-state index contributed by atoms with van der Waals surface area (Å²) in [5.41, 5.74) is 0.789. The van der Waals surface area contributed by atoms with Crippen molar-refractivity contribution in [2.45, 2.75) is 32.2 Å². The highest BCUT2D eigenvalue weighted by molar-refractivity contribution is 5.15. The standard InChI is InChI=1S/C14H20O3/c1-11-7-8-13(16-9-11)10-17-14(15)12-5-3-2-4-6-12/h2-6,11,13-15H,7-10H2,1H3/t11-,13?,14?/m1/s1. The number of hydrogen-bond donors (Lipinski definition) is 1. The van der Waals surface area contributed by atoms with E-state index in [1.54, 1.807) is 0 Å². The van der Waals surface area contributed by atoms with Crippen LogP contribution < -0.4 is 0 Å². The molecule has 0 spiro atoms. The fraction of sp³-hybridized carbons (Fsp3) is 0.571. The fourth-order valence-electron chi connectivity index (χ4n) is 1.98. The van der Waals surface area contributed by atoms with Gasteiger partial charge in [-0.2, -0.15) is 0 Å². The van der Waals surface area contributed by atoms with E-state index >= 15 is 0 Å². The molecule has 1 saturated heterocycles. The van der Waals surface area contributed by atoms with Crippen molar-refractivity contribution in [2.75, 3.05) is 13.2 Å². The van der Waals surface area contributed by atoms with Gasteiger partial charge in [-0.1, -0.05) is 37.3 Å². The summed E-state index contributed by atoms with van der Waals surface area (Å²) in [4.78, 5) is 0. The molecule has 1 fully saturated rings. The van der Waals surface area contributed by atoms with Gasteiger partial charge in [0, 0.05) is 12.2 Å². The van der Waals surface area contributed by atoms with Gasteiger partial charge in [-0.25, -0.2) is 0 Å². The second kappa shape index (κ2) is 6.15. The average molecular weight is 236 g/mol. The van der Waals surface area contributed by atoms with Crippen LogP contribution in [-0.4, -0.2) is 24.4 Å². The molecule has 1 heterocycles. The molecule has 2 unspecified atom stereocenters. The first-order chi connectivity index (χ1) is 8.25. The van der Waals surface area contributed by atoms with Crippen LogP contribution in [0.2, 0.25) is 0 Å². The van der Waals surface area contributed by atoms with Crippen molar-refractivity contribution in [1.29, 1.82) is 0 Å². The van der Waals surface area contributed by atoms with Crippen molar-refractivity contribution in [3.63, 3.8) is 0 Å². The highest BCUT2D eigenvalue weighted by atomic mass is 16.6. The van der Waals surface area contributed by atoms with Crippen LogP contribution in [0.3, 0.4) is 0 Å². The molecule has 1 aliphatic rings. The summed E-state index contributed by atoms with van der Waals surface area (Å²) in [6.45, 7) is 3.45. The Kier molecular flexibility index (Phi) is 4.54. The zero-order valence-corrected chi connectivity index (χ0v) is 10.2. The first kappa shape index (κ1) is 12.6. The van der Waals surface area contributed by atoms with E-state index in [9.17, 15) is 5.11 Å². The SMILES string of the molecule is C[C@@H]1CCC(COC(O)c2ccccc2)OC1. The fourth-order valence-corrected chi connectivity index (χ4v) is 1.98. The lowest BCUT2D eigenvalue weighted by Gasteiger charge is -2.27. The Balaban J connectivity index is 1.75. The van der Waals surface area contributed by atoms with E-state index in [1.165, 1.54) is 6.42 Å². The minimum atomic E-state index is -0.848. The lowest BCUT2D eigenvalue weighted by Crippen LogP contribution is -2.29. The monoisotopic (exact) mass is 236 g/mol. The summed E-state index contributed by atoms with van der Waals surface area (Å²) in [5.74, 6) is 0.644. The molecule has 3 nitrogen and oxygen atoms in total. The molecular formula is C14H20O3. The summed E-state index contributed by atoms with van der Waals surface area (Å²) in [7, 11) is 0. The Morgan fingerprint density at radius 1 is 1.35 bits per heavy atom. The van der Waals surface area contributed by atoms with Crippen molar-refractivity contribution >= 4 is 0 Å². The van der Waals surface area contributed by atoms with Crippen LogP contribution in [0.1, 0.15) is 31.6 Å². The predicted molar refractivity (Wildman–Crippen MR) is 65.5 cm³/mol. The summed E-state index contributed by atoms with van der Waals surface area (Å²) in [6.07, 6.45) is 1.47. The maximum atomic E-state index is 9.83. The molecule has 3 atom stereocenters. The van der Waals surface area contributed by atoms with Gasteiger partial charge in [0.1, 0.15) is 0 Å². The Morgan fingerprint density at radius 3 is 2.76 bits per heavy atom. The van der Waals surface area contributed by atoms with Crippen molar-refractivity contribution in [3.05, 3.63) is 35.9 Å². The zero-order chi connectivity index (χ0) is 12.1. The normalized spacial score (nSPS) is 26.7. The molecule has 0 aliphatic carbocycles. The van der Waals surface area contributed by atoms with Crippen LogP contribution in [-0.2, 0) is 9.47 Å². The average Bonchev–Trinajstić information content (AvgIpc) is 2.39. The van der Waals surface area contributed by atoms with Gasteiger partial charge in [-0.15, -0.1) is 0 Å². The largest absolute Gasteiger partial charge is 0.376 e. The van der Waals surface area contributed by atoms with Crippen molar-refractivity contribution < 1.29 is 14.6 Å². The van der Waals surface area contributed by atoms with E-state index in [1.807, 2.05) is 30.3 Å². The molecule has 1 aromatic carbocycles. The van der Waals surface area contributed by atoms with Crippen LogP contribution in [0.15, 0.2) is 30.3 Å². The van der Waals surface area contributed by atoms with Gasteiger partial charge < -0.3 is 14.6 Å². The highest BCUT2D eigenvalue weighted by Crippen LogP contribution is 2.20. The molecule has 0 saturated carbocycles.